The summed E-state index contributed by atoms with van der Waals surface area (Å²) in [5.41, 5.74) is 4.21. The maximum absolute atomic E-state index is 13.4. The lowest BCUT2D eigenvalue weighted by Gasteiger charge is -2.51. The van der Waals surface area contributed by atoms with Gasteiger partial charge in [-0.2, -0.15) is 0 Å². The number of carbonyl (C=O) groups is 6. The number of aromatic nitrogens is 1. The van der Waals surface area contributed by atoms with Gasteiger partial charge in [0, 0.05) is 11.0 Å². The average molecular weight is 668 g/mol. The third-order valence-electron chi connectivity index (χ3n) is 6.00. The van der Waals surface area contributed by atoms with Gasteiger partial charge in [-0.15, -0.1) is 23.1 Å². The molecule has 1 saturated heterocycles. The first-order valence-electron chi connectivity index (χ1n) is 13.8. The molecule has 4 N–H and O–H groups in total. The molecule has 3 rings (SSSR count). The molecular weight excluding hydrogens is 630 g/mol. The van der Waals surface area contributed by atoms with E-state index in [0.29, 0.717) is 6.42 Å². The van der Waals surface area contributed by atoms with Crippen molar-refractivity contribution in [1.82, 2.24) is 15.2 Å². The van der Waals surface area contributed by atoms with Crippen molar-refractivity contribution in [3.63, 3.8) is 0 Å². The molecule has 246 valence electrons. The van der Waals surface area contributed by atoms with Crippen LogP contribution in [0, 0.1) is 5.41 Å². The number of allylic oxidation sites excluding steroid dienone is 1. The molecule has 0 radical (unpaired) electrons. The Bertz CT molecular complexity index is 1410. The van der Waals surface area contributed by atoms with Gasteiger partial charge in [-0.3, -0.25) is 19.7 Å². The Kier molecular flexibility index (Phi) is 11.3. The third kappa shape index (κ3) is 9.20. The number of ether oxygens (including phenoxy) is 4. The van der Waals surface area contributed by atoms with Crippen LogP contribution in [0.5, 0.6) is 0 Å². The normalized spacial score (nSPS) is 19.8. The van der Waals surface area contributed by atoms with Crippen LogP contribution >= 0.6 is 23.1 Å². The third-order valence-corrected chi connectivity index (χ3v) is 7.98. The molecule has 1 aromatic rings. The smallest absolute Gasteiger partial charge is 0.413 e. The molecule has 3 heterocycles. The second-order valence-corrected chi connectivity index (χ2v) is 13.7. The van der Waals surface area contributed by atoms with Gasteiger partial charge in [-0.1, -0.05) is 13.0 Å². The van der Waals surface area contributed by atoms with Gasteiger partial charge in [0.25, 0.3) is 5.91 Å². The number of carbonyl (C=O) groups excluding carboxylic acids is 6. The summed E-state index contributed by atoms with van der Waals surface area (Å²) in [6, 6.07) is -2.35. The summed E-state index contributed by atoms with van der Waals surface area (Å²) in [5.74, 6) is -2.73. The van der Waals surface area contributed by atoms with Crippen molar-refractivity contribution in [2.45, 2.75) is 77.9 Å². The van der Waals surface area contributed by atoms with Crippen molar-refractivity contribution < 1.29 is 47.7 Å². The SMILES string of the molecule is CC/C=C(\C(=O)N[C@@H]1C(=O)N2C(C(=O)OCOC(=O)C(C)(C)C)C(COC(N)=O)=CS[C@H]12)c1csc(NC(=O)OC(C)(C)C)n1. The van der Waals surface area contributed by atoms with Crippen molar-refractivity contribution in [1.29, 1.82) is 0 Å². The van der Waals surface area contributed by atoms with E-state index < -0.39 is 77.8 Å². The molecule has 0 bridgehead atoms. The van der Waals surface area contributed by atoms with Gasteiger partial charge in [-0.05, 0) is 53.4 Å². The number of thiazole rings is 1. The second kappa shape index (κ2) is 14.3. The van der Waals surface area contributed by atoms with Crippen LogP contribution in [0.1, 0.15) is 60.6 Å². The van der Waals surface area contributed by atoms with Crippen molar-refractivity contribution in [3.8, 4) is 0 Å². The summed E-state index contributed by atoms with van der Waals surface area (Å²) < 4.78 is 20.2. The van der Waals surface area contributed by atoms with Crippen molar-refractivity contribution >= 4 is 69.7 Å². The minimum absolute atomic E-state index is 0.181. The Morgan fingerprint density at radius 2 is 1.78 bits per heavy atom. The minimum Gasteiger partial charge on any atom is -0.445 e. The average Bonchev–Trinajstić information content (AvgIpc) is 3.38. The van der Waals surface area contributed by atoms with Crippen LogP contribution in [0.3, 0.4) is 0 Å². The van der Waals surface area contributed by atoms with E-state index in [0.717, 1.165) is 23.1 Å². The molecule has 15 nitrogen and oxygen atoms in total. The molecule has 1 aromatic heterocycles. The van der Waals surface area contributed by atoms with Crippen LogP contribution < -0.4 is 16.4 Å². The Morgan fingerprint density at radius 3 is 2.38 bits per heavy atom. The van der Waals surface area contributed by atoms with Gasteiger partial charge in [0.2, 0.25) is 12.7 Å². The number of hydrogen-bond acceptors (Lipinski definition) is 13. The van der Waals surface area contributed by atoms with E-state index in [4.69, 9.17) is 24.7 Å². The van der Waals surface area contributed by atoms with E-state index in [1.165, 1.54) is 10.3 Å². The molecule has 0 saturated carbocycles. The maximum atomic E-state index is 13.4. The number of nitrogens with two attached hydrogens (primary N) is 1. The number of rotatable bonds is 10. The Hall–Kier alpha value is -4.12. The molecule has 2 aliphatic heterocycles. The fourth-order valence-electron chi connectivity index (χ4n) is 3.99. The number of hydrogen-bond donors (Lipinski definition) is 3. The van der Waals surface area contributed by atoms with Gasteiger partial charge in [-0.25, -0.2) is 19.4 Å². The van der Waals surface area contributed by atoms with Crippen LogP contribution in [0.15, 0.2) is 22.4 Å². The summed E-state index contributed by atoms with van der Waals surface area (Å²) in [5, 5.41) is 7.86. The lowest BCUT2D eigenvalue weighted by atomic mass is 9.97. The lowest BCUT2D eigenvalue weighted by Crippen LogP contribution is -2.74. The molecule has 45 heavy (non-hydrogen) atoms. The zero-order valence-electron chi connectivity index (χ0n) is 26.0. The van der Waals surface area contributed by atoms with Gasteiger partial charge >= 0.3 is 24.1 Å². The van der Waals surface area contributed by atoms with E-state index in [1.54, 1.807) is 53.0 Å². The summed E-state index contributed by atoms with van der Waals surface area (Å²) in [6.07, 6.45) is 0.320. The van der Waals surface area contributed by atoms with Gasteiger partial charge < -0.3 is 34.9 Å². The first kappa shape index (κ1) is 35.4. The first-order chi connectivity index (χ1) is 20.9. The summed E-state index contributed by atoms with van der Waals surface area (Å²) in [6.45, 7) is 10.8. The number of nitrogens with zero attached hydrogens (tertiary/aromatic N) is 2. The topological polar surface area (TPSA) is 206 Å². The van der Waals surface area contributed by atoms with E-state index in [9.17, 15) is 28.8 Å². The summed E-state index contributed by atoms with van der Waals surface area (Å²) in [7, 11) is 0. The van der Waals surface area contributed by atoms with E-state index >= 15 is 0 Å². The summed E-state index contributed by atoms with van der Waals surface area (Å²) in [4.78, 5) is 80.8. The van der Waals surface area contributed by atoms with Gasteiger partial charge in [0.1, 0.15) is 23.6 Å². The zero-order chi connectivity index (χ0) is 33.7. The molecule has 3 atom stereocenters. The minimum atomic E-state index is -1.32. The van der Waals surface area contributed by atoms with Crippen LogP contribution in [-0.4, -0.2) is 82.3 Å². The van der Waals surface area contributed by atoms with E-state index in [1.807, 2.05) is 6.92 Å². The number of esters is 2. The standard InChI is InChI=1S/C28H37N5O10S2/c1-8-9-15(16-12-45-25(30-16)32-26(39)43-28(5,6)7)19(34)31-17-20(35)33-18(14(10-40-24(29)38)11-44-21(17)33)22(36)41-13-42-23(37)27(2,3)4/h9,11-12,17-18,21H,8,10,13H2,1-7H3,(H2,29,38)(H,31,34)(H,30,32,39)/b15-9-/t17-,18?,21-/m1/s1. The Labute approximate surface area is 268 Å². The van der Waals surface area contributed by atoms with Crippen LogP contribution in [-0.2, 0) is 38.1 Å². The molecule has 1 fully saturated rings. The predicted molar refractivity (Wildman–Crippen MR) is 164 cm³/mol. The lowest BCUT2D eigenvalue weighted by molar-refractivity contribution is -0.179. The monoisotopic (exact) mass is 667 g/mol. The van der Waals surface area contributed by atoms with Crippen molar-refractivity contribution in [2.75, 3.05) is 18.7 Å². The molecule has 0 aliphatic carbocycles. The first-order valence-corrected chi connectivity index (χ1v) is 15.6. The number of anilines is 1. The number of nitrogens with one attached hydrogen (secondary N) is 2. The van der Waals surface area contributed by atoms with E-state index in [-0.39, 0.29) is 22.0 Å². The highest BCUT2D eigenvalue weighted by molar-refractivity contribution is 8.03. The zero-order valence-corrected chi connectivity index (χ0v) is 27.6. The predicted octanol–water partition coefficient (Wildman–Crippen LogP) is 3.12. The molecule has 1 unspecified atom stereocenters. The Balaban J connectivity index is 1.73. The summed E-state index contributed by atoms with van der Waals surface area (Å²) >= 11 is 2.22. The second-order valence-electron chi connectivity index (χ2n) is 11.9. The number of thioether (sulfide) groups is 1. The fourth-order valence-corrected chi connectivity index (χ4v) is 5.90. The van der Waals surface area contributed by atoms with Crippen molar-refractivity contribution in [2.24, 2.45) is 11.1 Å². The molecular formula is C28H37N5O10S2. The molecule has 0 spiro atoms. The largest absolute Gasteiger partial charge is 0.445 e. The molecule has 2 aliphatic rings. The molecule has 17 heteroatoms. The van der Waals surface area contributed by atoms with Crippen LogP contribution in [0.25, 0.3) is 5.57 Å². The molecule has 0 aromatic carbocycles. The number of fused-ring (bicyclic) bond motifs is 1. The highest BCUT2D eigenvalue weighted by Crippen LogP contribution is 2.41. The van der Waals surface area contributed by atoms with Crippen LogP contribution in [0.2, 0.25) is 0 Å². The quantitative estimate of drug-likeness (QED) is 0.108. The number of primary amides is 1. The van der Waals surface area contributed by atoms with Gasteiger partial charge in [0.05, 0.1) is 16.7 Å². The maximum Gasteiger partial charge on any atom is 0.413 e. The van der Waals surface area contributed by atoms with Gasteiger partial charge in [0.15, 0.2) is 11.2 Å². The van der Waals surface area contributed by atoms with Crippen molar-refractivity contribution in [3.05, 3.63) is 28.1 Å². The highest BCUT2D eigenvalue weighted by Gasteiger charge is 2.56. The van der Waals surface area contributed by atoms with Crippen LogP contribution in [0.4, 0.5) is 14.7 Å². The Morgan fingerprint density at radius 1 is 1.09 bits per heavy atom. The fraction of sp³-hybridized carbons (Fsp3) is 0.536. The number of β-lactam (4-membered cyclic amide) rings is 1. The number of amides is 4. The molecule has 4 amide bonds. The van der Waals surface area contributed by atoms with E-state index in [2.05, 4.69) is 15.6 Å². The highest BCUT2D eigenvalue weighted by atomic mass is 32.2.